The fraction of sp³-hybridized carbons (Fsp3) is 0.500. The number of anilines is 2. The highest BCUT2D eigenvalue weighted by molar-refractivity contribution is 8.00. The minimum Gasteiger partial charge on any atom is -0.382 e. The van der Waals surface area contributed by atoms with Crippen LogP contribution in [0.15, 0.2) is 28.2 Å². The number of nitrogens with two attached hydrogens (primary N) is 1. The van der Waals surface area contributed by atoms with Crippen molar-refractivity contribution in [2.24, 2.45) is 0 Å². The van der Waals surface area contributed by atoms with Crippen LogP contribution in [-0.2, 0) is 11.3 Å². The molecule has 2 atom stereocenters. The lowest BCUT2D eigenvalue weighted by molar-refractivity contribution is -0.117. The highest BCUT2D eigenvalue weighted by Crippen LogP contribution is 2.31. The zero-order chi connectivity index (χ0) is 28.2. The van der Waals surface area contributed by atoms with E-state index >= 15 is 0 Å². The lowest BCUT2D eigenvalue weighted by atomic mass is 10.2. The van der Waals surface area contributed by atoms with E-state index in [4.69, 9.17) is 5.73 Å². The first kappa shape index (κ1) is 31.6. The van der Waals surface area contributed by atoms with Crippen LogP contribution in [0, 0.1) is 0 Å². The molecule has 1 saturated heterocycles. The third-order valence-electron chi connectivity index (χ3n) is 4.77. The highest BCUT2D eigenvalue weighted by Gasteiger charge is 2.39. The summed E-state index contributed by atoms with van der Waals surface area (Å²) in [5.41, 5.74) is 6.15. The molecule has 0 aromatic carbocycles. The van der Waals surface area contributed by atoms with E-state index in [1.807, 2.05) is 48.5 Å². The normalized spacial score (nSPS) is 18.2. The predicted octanol–water partition coefficient (Wildman–Crippen LogP) is 2.96. The van der Waals surface area contributed by atoms with Gasteiger partial charge in [0.1, 0.15) is 5.52 Å². The summed E-state index contributed by atoms with van der Waals surface area (Å²) >= 11 is 1.50. The number of hydrogen-bond acceptors (Lipinski definition) is 9. The van der Waals surface area contributed by atoms with Gasteiger partial charge in [0.15, 0.2) is 11.5 Å². The van der Waals surface area contributed by atoms with Crippen LogP contribution >= 0.6 is 11.8 Å². The summed E-state index contributed by atoms with van der Waals surface area (Å²) < 4.78 is 1.42. The van der Waals surface area contributed by atoms with Gasteiger partial charge in [0, 0.05) is 11.9 Å². The summed E-state index contributed by atoms with van der Waals surface area (Å²) in [5.74, 6) is 0.400. The molecular formula is C24H39N9O3S. The Kier molecular flexibility index (Phi) is 12.8. The van der Waals surface area contributed by atoms with Gasteiger partial charge in [-0.15, -0.1) is 11.8 Å². The number of aromatic amines is 2. The summed E-state index contributed by atoms with van der Waals surface area (Å²) in [6.45, 7) is 15.9. The zero-order valence-corrected chi connectivity index (χ0v) is 23.6. The van der Waals surface area contributed by atoms with Crippen LogP contribution in [0.2, 0.25) is 0 Å². The van der Waals surface area contributed by atoms with Gasteiger partial charge in [-0.3, -0.25) is 29.8 Å². The van der Waals surface area contributed by atoms with Crippen LogP contribution in [0.1, 0.15) is 61.0 Å². The Morgan fingerprint density at radius 2 is 1.92 bits per heavy atom. The van der Waals surface area contributed by atoms with Crippen molar-refractivity contribution in [3.05, 3.63) is 45.0 Å². The average Bonchev–Trinajstić information content (AvgIpc) is 3.53. The fourth-order valence-electron chi connectivity index (χ4n) is 3.33. The third kappa shape index (κ3) is 8.02. The number of carbonyl (C=O) groups is 1. The summed E-state index contributed by atoms with van der Waals surface area (Å²) in [5, 5.41) is 5.91. The second-order valence-corrected chi connectivity index (χ2v) is 8.76. The van der Waals surface area contributed by atoms with Crippen LogP contribution in [0.5, 0.6) is 0 Å². The Hall–Kier alpha value is -3.45. The van der Waals surface area contributed by atoms with E-state index < -0.39 is 22.2 Å². The van der Waals surface area contributed by atoms with Crippen molar-refractivity contribution in [1.29, 1.82) is 0 Å². The molecule has 204 valence electrons. The number of aromatic nitrogens is 6. The number of nitrogens with zero attached hydrogens (tertiary/aromatic N) is 4. The maximum Gasteiger partial charge on any atom is 0.328 e. The second-order valence-electron chi connectivity index (χ2n) is 7.23. The van der Waals surface area contributed by atoms with Gasteiger partial charge < -0.3 is 10.7 Å². The van der Waals surface area contributed by atoms with Gasteiger partial charge in [-0.05, 0) is 13.8 Å². The summed E-state index contributed by atoms with van der Waals surface area (Å²) in [4.78, 5) is 53.7. The molecule has 0 spiro atoms. The third-order valence-corrected chi connectivity index (χ3v) is 6.15. The van der Waals surface area contributed by atoms with Gasteiger partial charge in [-0.25, -0.2) is 9.78 Å². The van der Waals surface area contributed by atoms with Crippen molar-refractivity contribution in [3.8, 4) is 0 Å². The number of fused-ring (bicyclic) bond motifs is 1. The molecule has 3 aromatic heterocycles. The summed E-state index contributed by atoms with van der Waals surface area (Å²) in [6.07, 6.45) is 6.31. The number of nitrogens with one attached hydrogen (secondary N) is 4. The van der Waals surface area contributed by atoms with E-state index in [9.17, 15) is 14.4 Å². The number of H-pyrrole nitrogens is 2. The topological polar surface area (TPSA) is 176 Å². The molecular weight excluding hydrogens is 494 g/mol. The molecule has 4 heterocycles. The number of thioether (sulfide) groups is 1. The molecule has 0 aliphatic carbocycles. The number of allylic oxidation sites excluding steroid dienone is 1. The standard InChI is InChI=1S/C18H21N9O3S.3C2H6/c1-3-4-9-5-27(17(30)25-14(9)28)7-18(2)26-10(6-31-18)15(29)24-16-22-12(19)11-13(23-16)21-8-20-11;3*1-2/h3-5,8,10,26H,6-7H2,1-2H3,(H,25,28,30)(H4,19,20,21,22,23,24,29);3*1-2H3/b4-3+;;;. The summed E-state index contributed by atoms with van der Waals surface area (Å²) in [7, 11) is 0. The maximum atomic E-state index is 12.7. The van der Waals surface area contributed by atoms with E-state index in [1.165, 1.54) is 28.9 Å². The van der Waals surface area contributed by atoms with E-state index in [1.54, 1.807) is 19.1 Å². The van der Waals surface area contributed by atoms with Crippen molar-refractivity contribution in [1.82, 2.24) is 34.8 Å². The SMILES string of the molecule is C/C=C/c1cn(CC2(C)NC(C(=O)Nc3nc(N)c4[nH]cnc4n3)CS2)c(=O)[nH]c1=O.CC.CC.CC. The van der Waals surface area contributed by atoms with Gasteiger partial charge in [-0.1, -0.05) is 53.7 Å². The molecule has 1 aliphatic rings. The first-order valence-corrected chi connectivity index (χ1v) is 13.4. The van der Waals surface area contributed by atoms with Crippen LogP contribution in [-0.4, -0.2) is 52.1 Å². The maximum absolute atomic E-state index is 12.7. The van der Waals surface area contributed by atoms with E-state index in [2.05, 4.69) is 35.6 Å². The molecule has 12 nitrogen and oxygen atoms in total. The summed E-state index contributed by atoms with van der Waals surface area (Å²) in [6, 6.07) is -0.539. The zero-order valence-electron chi connectivity index (χ0n) is 22.8. The number of amides is 1. The molecule has 37 heavy (non-hydrogen) atoms. The highest BCUT2D eigenvalue weighted by atomic mass is 32.2. The number of rotatable bonds is 5. The molecule has 0 bridgehead atoms. The van der Waals surface area contributed by atoms with Crippen molar-refractivity contribution in [2.75, 3.05) is 16.8 Å². The smallest absolute Gasteiger partial charge is 0.328 e. The van der Waals surface area contributed by atoms with Crippen molar-refractivity contribution >= 4 is 46.7 Å². The van der Waals surface area contributed by atoms with Gasteiger partial charge in [0.25, 0.3) is 5.56 Å². The van der Waals surface area contributed by atoms with Crippen LogP contribution in [0.25, 0.3) is 17.2 Å². The lowest BCUT2D eigenvalue weighted by Crippen LogP contribution is -2.49. The molecule has 1 fully saturated rings. The molecule has 1 aliphatic heterocycles. The second kappa shape index (κ2) is 15.0. The Labute approximate surface area is 221 Å². The number of carbonyl (C=O) groups excluding carboxylic acids is 1. The van der Waals surface area contributed by atoms with E-state index in [0.29, 0.717) is 22.5 Å². The predicted molar refractivity (Wildman–Crippen MR) is 153 cm³/mol. The quantitative estimate of drug-likeness (QED) is 0.330. The Morgan fingerprint density at radius 1 is 1.24 bits per heavy atom. The molecule has 1 amide bonds. The van der Waals surface area contributed by atoms with E-state index in [0.717, 1.165) is 0 Å². The number of hydrogen-bond donors (Lipinski definition) is 5. The van der Waals surface area contributed by atoms with Crippen molar-refractivity contribution in [3.63, 3.8) is 0 Å². The van der Waals surface area contributed by atoms with Gasteiger partial charge >= 0.3 is 5.69 Å². The monoisotopic (exact) mass is 533 g/mol. The van der Waals surface area contributed by atoms with Crippen LogP contribution in [0.3, 0.4) is 0 Å². The molecule has 0 radical (unpaired) electrons. The van der Waals surface area contributed by atoms with Gasteiger partial charge in [0.2, 0.25) is 11.9 Å². The molecule has 0 saturated carbocycles. The van der Waals surface area contributed by atoms with Crippen LogP contribution < -0.4 is 27.6 Å². The van der Waals surface area contributed by atoms with E-state index in [-0.39, 0.29) is 24.2 Å². The lowest BCUT2D eigenvalue weighted by Gasteiger charge is -2.25. The number of imidazole rings is 1. The first-order chi connectivity index (χ1) is 17.8. The van der Waals surface area contributed by atoms with Gasteiger partial charge in [-0.2, -0.15) is 9.97 Å². The molecule has 13 heteroatoms. The molecule has 6 N–H and O–H groups in total. The Morgan fingerprint density at radius 3 is 2.57 bits per heavy atom. The minimum atomic E-state index is -0.608. The Bertz CT molecular complexity index is 1300. The fourth-order valence-corrected chi connectivity index (χ4v) is 4.55. The Balaban J connectivity index is 0.00000106. The molecule has 4 rings (SSSR count). The largest absolute Gasteiger partial charge is 0.382 e. The van der Waals surface area contributed by atoms with Crippen LogP contribution in [0.4, 0.5) is 11.8 Å². The molecule has 3 aromatic rings. The van der Waals surface area contributed by atoms with Crippen molar-refractivity contribution < 1.29 is 4.79 Å². The average molecular weight is 534 g/mol. The first-order valence-electron chi connectivity index (χ1n) is 12.4. The molecule has 2 unspecified atom stereocenters. The minimum absolute atomic E-state index is 0.0651. The number of nitrogen functional groups attached to an aromatic ring is 1. The van der Waals surface area contributed by atoms with Crippen molar-refractivity contribution in [2.45, 2.75) is 72.8 Å². The van der Waals surface area contributed by atoms with Gasteiger partial charge in [0.05, 0.1) is 29.3 Å².